The zero-order valence-electron chi connectivity index (χ0n) is 13.9. The molecule has 25 heavy (non-hydrogen) atoms. The topological polar surface area (TPSA) is 103 Å². The van der Waals surface area contributed by atoms with Crippen LogP contribution in [0.15, 0.2) is 12.1 Å². The van der Waals surface area contributed by atoms with E-state index >= 15 is 0 Å². The van der Waals surface area contributed by atoms with Crippen LogP contribution in [-0.4, -0.2) is 62.3 Å². The number of imide groups is 1. The van der Waals surface area contributed by atoms with Gasteiger partial charge in [0.1, 0.15) is 13.2 Å². The highest BCUT2D eigenvalue weighted by atomic mass is 16.6. The van der Waals surface area contributed by atoms with Crippen LogP contribution in [0.5, 0.6) is 17.2 Å². The molecule has 0 aromatic heterocycles. The van der Waals surface area contributed by atoms with Gasteiger partial charge in [0.05, 0.1) is 12.7 Å². The second-order valence-electron chi connectivity index (χ2n) is 5.47. The van der Waals surface area contributed by atoms with Gasteiger partial charge in [-0.25, -0.2) is 9.59 Å². The molecule has 2 aliphatic heterocycles. The number of hydrogen-bond acceptors (Lipinski definition) is 7. The SMILES string of the molecule is COc1cc(C(=O)O[C@@H](C)C(=O)N2CCNC2=O)cc2c1OCCO2. The highest BCUT2D eigenvalue weighted by Crippen LogP contribution is 2.40. The fourth-order valence-corrected chi connectivity index (χ4v) is 2.57. The van der Waals surface area contributed by atoms with Crippen LogP contribution < -0.4 is 19.5 Å². The van der Waals surface area contributed by atoms with Gasteiger partial charge < -0.3 is 24.3 Å². The molecule has 2 aliphatic rings. The molecule has 0 unspecified atom stereocenters. The molecule has 0 bridgehead atoms. The molecule has 1 fully saturated rings. The van der Waals surface area contributed by atoms with Crippen LogP contribution in [0.2, 0.25) is 0 Å². The maximum atomic E-state index is 12.4. The molecule has 0 saturated carbocycles. The van der Waals surface area contributed by atoms with E-state index in [1.165, 1.54) is 26.2 Å². The number of carbonyl (C=O) groups is 3. The summed E-state index contributed by atoms with van der Waals surface area (Å²) >= 11 is 0. The molecule has 2 heterocycles. The van der Waals surface area contributed by atoms with E-state index in [0.717, 1.165) is 4.90 Å². The predicted octanol–water partition coefficient (Wildman–Crippen LogP) is 0.563. The lowest BCUT2D eigenvalue weighted by molar-refractivity contribution is -0.136. The van der Waals surface area contributed by atoms with E-state index in [2.05, 4.69) is 5.32 Å². The first kappa shape index (κ1) is 16.9. The lowest BCUT2D eigenvalue weighted by Gasteiger charge is -2.22. The first-order valence-corrected chi connectivity index (χ1v) is 7.79. The Bertz CT molecular complexity index is 701. The fraction of sp³-hybridized carbons (Fsp3) is 0.438. The smallest absolute Gasteiger partial charge is 0.339 e. The molecule has 1 atom stereocenters. The van der Waals surface area contributed by atoms with Gasteiger partial charge in [0.15, 0.2) is 17.6 Å². The number of methoxy groups -OCH3 is 1. The van der Waals surface area contributed by atoms with Gasteiger partial charge in [-0.3, -0.25) is 9.69 Å². The minimum atomic E-state index is -1.10. The van der Waals surface area contributed by atoms with Crippen LogP contribution >= 0.6 is 0 Å². The van der Waals surface area contributed by atoms with Crippen molar-refractivity contribution in [2.45, 2.75) is 13.0 Å². The number of amides is 3. The Morgan fingerprint density at radius 1 is 1.28 bits per heavy atom. The molecule has 9 heteroatoms. The van der Waals surface area contributed by atoms with Gasteiger partial charge in [0.25, 0.3) is 5.91 Å². The summed E-state index contributed by atoms with van der Waals surface area (Å²) in [5.74, 6) is -0.177. The number of fused-ring (bicyclic) bond motifs is 1. The molecule has 1 N–H and O–H groups in total. The van der Waals surface area contributed by atoms with E-state index < -0.39 is 24.0 Å². The van der Waals surface area contributed by atoms with Gasteiger partial charge in [-0.05, 0) is 19.1 Å². The summed E-state index contributed by atoms with van der Waals surface area (Å²) in [6.07, 6.45) is -1.10. The fourth-order valence-electron chi connectivity index (χ4n) is 2.57. The Labute approximate surface area is 143 Å². The summed E-state index contributed by atoms with van der Waals surface area (Å²) in [7, 11) is 1.45. The van der Waals surface area contributed by atoms with E-state index in [1.807, 2.05) is 0 Å². The number of esters is 1. The minimum Gasteiger partial charge on any atom is -0.493 e. The second-order valence-corrected chi connectivity index (χ2v) is 5.47. The third-order valence-electron chi connectivity index (χ3n) is 3.82. The van der Waals surface area contributed by atoms with Crippen molar-refractivity contribution in [3.8, 4) is 17.2 Å². The largest absolute Gasteiger partial charge is 0.493 e. The third-order valence-corrected chi connectivity index (χ3v) is 3.82. The Kier molecular flexibility index (Phi) is 4.64. The van der Waals surface area contributed by atoms with Gasteiger partial charge in [-0.15, -0.1) is 0 Å². The van der Waals surface area contributed by atoms with Crippen molar-refractivity contribution in [2.24, 2.45) is 0 Å². The van der Waals surface area contributed by atoms with E-state index in [4.69, 9.17) is 18.9 Å². The molecule has 134 valence electrons. The molecule has 9 nitrogen and oxygen atoms in total. The van der Waals surface area contributed by atoms with Crippen LogP contribution in [-0.2, 0) is 9.53 Å². The molecule has 0 radical (unpaired) electrons. The summed E-state index contributed by atoms with van der Waals surface area (Å²) in [6, 6.07) is 2.43. The van der Waals surface area contributed by atoms with Gasteiger partial charge >= 0.3 is 12.0 Å². The van der Waals surface area contributed by atoms with E-state index in [-0.39, 0.29) is 12.1 Å². The second kappa shape index (κ2) is 6.88. The van der Waals surface area contributed by atoms with Crippen LogP contribution in [0.1, 0.15) is 17.3 Å². The maximum Gasteiger partial charge on any atom is 0.339 e. The number of benzene rings is 1. The first-order chi connectivity index (χ1) is 12.0. The van der Waals surface area contributed by atoms with Crippen LogP contribution in [0, 0.1) is 0 Å². The summed E-state index contributed by atoms with van der Waals surface area (Å²) in [5, 5.41) is 2.52. The number of nitrogens with one attached hydrogen (secondary N) is 1. The van der Waals surface area contributed by atoms with Crippen molar-refractivity contribution in [1.82, 2.24) is 10.2 Å². The average Bonchev–Trinajstić information content (AvgIpc) is 3.05. The maximum absolute atomic E-state index is 12.4. The van der Waals surface area contributed by atoms with E-state index in [0.29, 0.717) is 37.0 Å². The van der Waals surface area contributed by atoms with Crippen LogP contribution in [0.25, 0.3) is 0 Å². The third kappa shape index (κ3) is 3.30. The lowest BCUT2D eigenvalue weighted by atomic mass is 10.1. The molecule has 1 saturated heterocycles. The van der Waals surface area contributed by atoms with Crippen molar-refractivity contribution in [1.29, 1.82) is 0 Å². The predicted molar refractivity (Wildman–Crippen MR) is 84.0 cm³/mol. The van der Waals surface area contributed by atoms with Crippen LogP contribution in [0.3, 0.4) is 0 Å². The normalized spacial score (nSPS) is 16.9. The molecule has 3 rings (SSSR count). The van der Waals surface area contributed by atoms with Gasteiger partial charge in [-0.2, -0.15) is 0 Å². The van der Waals surface area contributed by atoms with Crippen molar-refractivity contribution in [2.75, 3.05) is 33.4 Å². The van der Waals surface area contributed by atoms with Crippen molar-refractivity contribution >= 4 is 17.9 Å². The molecule has 3 amide bonds. The summed E-state index contributed by atoms with van der Waals surface area (Å²) in [6.45, 7) is 2.79. The number of hydrogen-bond donors (Lipinski definition) is 1. The van der Waals surface area contributed by atoms with E-state index in [1.54, 1.807) is 0 Å². The number of ether oxygens (including phenoxy) is 4. The number of carbonyl (C=O) groups excluding carboxylic acids is 3. The number of nitrogens with zero attached hydrogens (tertiary/aromatic N) is 1. The highest BCUT2D eigenvalue weighted by Gasteiger charge is 2.32. The number of urea groups is 1. The molecule has 1 aromatic rings. The molecule has 1 aromatic carbocycles. The monoisotopic (exact) mass is 350 g/mol. The van der Waals surface area contributed by atoms with Crippen molar-refractivity contribution < 1.29 is 33.3 Å². The molecular formula is C16H18N2O7. The highest BCUT2D eigenvalue weighted by molar-refractivity contribution is 5.99. The Morgan fingerprint density at radius 3 is 2.72 bits per heavy atom. The van der Waals surface area contributed by atoms with Crippen LogP contribution in [0.4, 0.5) is 4.79 Å². The quantitative estimate of drug-likeness (QED) is 0.792. The molecule has 0 aliphatic carbocycles. The number of rotatable bonds is 4. The lowest BCUT2D eigenvalue weighted by Crippen LogP contribution is -2.41. The minimum absolute atomic E-state index is 0.159. The zero-order chi connectivity index (χ0) is 18.0. The van der Waals surface area contributed by atoms with E-state index in [9.17, 15) is 14.4 Å². The first-order valence-electron chi connectivity index (χ1n) is 7.79. The summed E-state index contributed by atoms with van der Waals surface area (Å²) < 4.78 is 21.3. The van der Waals surface area contributed by atoms with Gasteiger partial charge in [-0.1, -0.05) is 0 Å². The summed E-state index contributed by atoms with van der Waals surface area (Å²) in [4.78, 5) is 37.1. The van der Waals surface area contributed by atoms with Crippen molar-refractivity contribution in [3.63, 3.8) is 0 Å². The van der Waals surface area contributed by atoms with Gasteiger partial charge in [0.2, 0.25) is 5.75 Å². The van der Waals surface area contributed by atoms with Gasteiger partial charge in [0, 0.05) is 13.1 Å². The Morgan fingerprint density at radius 2 is 2.04 bits per heavy atom. The Balaban J connectivity index is 1.74. The molecular weight excluding hydrogens is 332 g/mol. The molecule has 0 spiro atoms. The van der Waals surface area contributed by atoms with Crippen molar-refractivity contribution in [3.05, 3.63) is 17.7 Å². The Hall–Kier alpha value is -2.97. The standard InChI is InChI=1S/C16H18N2O7/c1-9(14(19)18-4-3-17-16(18)21)25-15(20)10-7-11(22-2)13-12(8-10)23-5-6-24-13/h7-9H,3-6H2,1-2H3,(H,17,21)/t9-/m0/s1. The summed E-state index contributed by atoms with van der Waals surface area (Å²) in [5.41, 5.74) is 0.159. The average molecular weight is 350 g/mol. The zero-order valence-corrected chi connectivity index (χ0v) is 13.9.